The topological polar surface area (TPSA) is 43.0 Å². The predicted molar refractivity (Wildman–Crippen MR) is 88.8 cm³/mol. The molecule has 0 saturated carbocycles. The minimum absolute atomic E-state index is 0.353. The number of rotatable bonds is 4. The van der Waals surface area contributed by atoms with E-state index >= 15 is 0 Å². The molecule has 5 heteroatoms. The van der Waals surface area contributed by atoms with E-state index in [2.05, 4.69) is 36.4 Å². The van der Waals surface area contributed by atoms with E-state index in [0.29, 0.717) is 17.5 Å². The minimum Gasteiger partial charge on any atom is -0.322 e. The lowest BCUT2D eigenvalue weighted by Gasteiger charge is -2.32. The molecule has 3 rings (SSSR count). The van der Waals surface area contributed by atoms with E-state index in [0.717, 1.165) is 39.1 Å². The molecular weight excluding hydrogens is 296 g/mol. The maximum Gasteiger partial charge on any atom is 0.156 e. The highest BCUT2D eigenvalue weighted by Gasteiger charge is 2.37. The first-order valence-corrected chi connectivity index (χ1v) is 10.0. The number of piperazine rings is 1. The number of sulfone groups is 1. The number of benzene rings is 1. The first-order chi connectivity index (χ1) is 10.6. The quantitative estimate of drug-likeness (QED) is 0.721. The van der Waals surface area contributed by atoms with Crippen molar-refractivity contribution in [1.29, 1.82) is 0 Å². The zero-order valence-corrected chi connectivity index (χ0v) is 13.8. The van der Waals surface area contributed by atoms with Crippen LogP contribution in [0.2, 0.25) is 0 Å². The Morgan fingerprint density at radius 2 is 1.82 bits per heavy atom. The van der Waals surface area contributed by atoms with E-state index in [1.54, 1.807) is 4.90 Å². The van der Waals surface area contributed by atoms with Gasteiger partial charge in [0.1, 0.15) is 38.0 Å². The van der Waals surface area contributed by atoms with Gasteiger partial charge in [-0.15, -0.1) is 0 Å². The van der Waals surface area contributed by atoms with Crippen LogP contribution in [0.5, 0.6) is 0 Å². The van der Waals surface area contributed by atoms with Gasteiger partial charge < -0.3 is 9.80 Å². The second-order valence-electron chi connectivity index (χ2n) is 6.53. The van der Waals surface area contributed by atoms with Crippen LogP contribution in [0.15, 0.2) is 36.4 Å². The van der Waals surface area contributed by atoms with Crippen LogP contribution in [0, 0.1) is 0 Å². The third-order valence-electron chi connectivity index (χ3n) is 4.93. The zero-order valence-electron chi connectivity index (χ0n) is 13.0. The van der Waals surface area contributed by atoms with Crippen LogP contribution in [-0.4, -0.2) is 58.7 Å². The molecule has 0 spiro atoms. The monoisotopic (exact) mass is 322 g/mol. The fourth-order valence-electron chi connectivity index (χ4n) is 3.58. The molecule has 0 aliphatic carbocycles. The molecule has 2 fully saturated rings. The summed E-state index contributed by atoms with van der Waals surface area (Å²) in [4.78, 5) is 3.12. The van der Waals surface area contributed by atoms with E-state index in [1.807, 2.05) is 6.07 Å². The molecule has 1 atom stereocenters. The zero-order chi connectivity index (χ0) is 15.4. The average molecular weight is 322 g/mol. The Kier molecular flexibility index (Phi) is 4.96. The maximum atomic E-state index is 11.6. The van der Waals surface area contributed by atoms with Gasteiger partial charge in [-0.3, -0.25) is 0 Å². The summed E-state index contributed by atoms with van der Waals surface area (Å²) in [5.41, 5.74) is 1.25. The van der Waals surface area contributed by atoms with Crippen molar-refractivity contribution in [3.8, 4) is 0 Å². The Balaban J connectivity index is 1.43. The Morgan fingerprint density at radius 1 is 1.09 bits per heavy atom. The summed E-state index contributed by atoms with van der Waals surface area (Å²) in [5.74, 6) is 0.809. The molecule has 120 valence electrons. The molecular formula is C17H26N2O2S+2. The third kappa shape index (κ3) is 4.18. The highest BCUT2D eigenvalue weighted by Crippen LogP contribution is 2.08. The first-order valence-electron chi connectivity index (χ1n) is 8.22. The molecule has 0 aromatic heterocycles. The normalized spacial score (nSPS) is 31.5. The van der Waals surface area contributed by atoms with Gasteiger partial charge in [-0.2, -0.15) is 0 Å². The van der Waals surface area contributed by atoms with E-state index < -0.39 is 9.84 Å². The average Bonchev–Trinajstić information content (AvgIpc) is 2.89. The summed E-state index contributed by atoms with van der Waals surface area (Å²) in [6, 6.07) is 10.7. The van der Waals surface area contributed by atoms with Crippen molar-refractivity contribution in [2.75, 3.05) is 44.2 Å². The Hall–Kier alpha value is -1.17. The van der Waals surface area contributed by atoms with E-state index in [9.17, 15) is 8.42 Å². The molecule has 22 heavy (non-hydrogen) atoms. The molecule has 4 nitrogen and oxygen atoms in total. The summed E-state index contributed by atoms with van der Waals surface area (Å²) in [7, 11) is -2.74. The molecule has 2 aliphatic rings. The fraction of sp³-hybridized carbons (Fsp3) is 0.529. The van der Waals surface area contributed by atoms with Crippen molar-refractivity contribution < 1.29 is 18.2 Å². The SMILES string of the molecule is O=S1(=O)CC[C@@H]([NH+]2CC[NH+](C/C=C/c3ccccc3)CC2)C1. The second kappa shape index (κ2) is 6.94. The van der Waals surface area contributed by atoms with Gasteiger partial charge in [0.25, 0.3) is 0 Å². The summed E-state index contributed by atoms with van der Waals surface area (Å²) >= 11 is 0. The van der Waals surface area contributed by atoms with Crippen molar-refractivity contribution >= 4 is 15.9 Å². The summed E-state index contributed by atoms with van der Waals surface area (Å²) in [6.45, 7) is 5.56. The van der Waals surface area contributed by atoms with E-state index in [-0.39, 0.29) is 0 Å². The van der Waals surface area contributed by atoms with Crippen LogP contribution in [0.4, 0.5) is 0 Å². The lowest BCUT2D eigenvalue weighted by atomic mass is 10.2. The third-order valence-corrected chi connectivity index (χ3v) is 6.69. The van der Waals surface area contributed by atoms with Gasteiger partial charge in [0.15, 0.2) is 9.84 Å². The lowest BCUT2D eigenvalue weighted by molar-refractivity contribution is -1.02. The van der Waals surface area contributed by atoms with Gasteiger partial charge in [0.05, 0.1) is 12.3 Å². The molecule has 2 saturated heterocycles. The highest BCUT2D eigenvalue weighted by atomic mass is 32.2. The Bertz CT molecular complexity index is 605. The van der Waals surface area contributed by atoms with Gasteiger partial charge in [-0.05, 0) is 11.6 Å². The fourth-order valence-corrected chi connectivity index (χ4v) is 5.41. The van der Waals surface area contributed by atoms with Gasteiger partial charge in [-0.25, -0.2) is 8.42 Å². The van der Waals surface area contributed by atoms with Gasteiger partial charge in [0.2, 0.25) is 0 Å². The molecule has 2 aliphatic heterocycles. The summed E-state index contributed by atoms with van der Waals surface area (Å²) in [5, 5.41) is 0. The Morgan fingerprint density at radius 3 is 2.45 bits per heavy atom. The van der Waals surface area contributed by atoms with Crippen LogP contribution in [0.3, 0.4) is 0 Å². The molecule has 2 heterocycles. The minimum atomic E-state index is -2.74. The van der Waals surface area contributed by atoms with Gasteiger partial charge in [0, 0.05) is 6.42 Å². The molecule has 0 unspecified atom stereocenters. The standard InChI is InChI=1S/C17H24N2O2S/c20-22(21)14-8-17(15-22)19-12-10-18(11-13-19)9-4-7-16-5-2-1-3-6-16/h1-7,17H,8-15H2/p+2/b7-4+/t17-/m1/s1. The van der Waals surface area contributed by atoms with Crippen LogP contribution in [-0.2, 0) is 9.84 Å². The molecule has 0 amide bonds. The van der Waals surface area contributed by atoms with Crippen LogP contribution >= 0.6 is 0 Å². The van der Waals surface area contributed by atoms with Crippen molar-refractivity contribution in [3.63, 3.8) is 0 Å². The van der Waals surface area contributed by atoms with Crippen LogP contribution < -0.4 is 9.80 Å². The Labute approximate surface area is 133 Å². The van der Waals surface area contributed by atoms with Gasteiger partial charge in [-0.1, -0.05) is 36.4 Å². The molecule has 2 N–H and O–H groups in total. The smallest absolute Gasteiger partial charge is 0.156 e. The molecule has 1 aromatic rings. The summed E-state index contributed by atoms with van der Waals surface area (Å²) in [6.07, 6.45) is 5.31. The van der Waals surface area contributed by atoms with Crippen molar-refractivity contribution in [3.05, 3.63) is 42.0 Å². The maximum absolute atomic E-state index is 11.6. The van der Waals surface area contributed by atoms with E-state index in [1.165, 1.54) is 10.5 Å². The van der Waals surface area contributed by atoms with E-state index in [4.69, 9.17) is 0 Å². The van der Waals surface area contributed by atoms with Crippen LogP contribution in [0.1, 0.15) is 12.0 Å². The van der Waals surface area contributed by atoms with Crippen molar-refractivity contribution in [1.82, 2.24) is 0 Å². The number of quaternary nitrogens is 2. The lowest BCUT2D eigenvalue weighted by Crippen LogP contribution is -3.29. The number of nitrogens with one attached hydrogen (secondary N) is 2. The number of hydrogen-bond acceptors (Lipinski definition) is 2. The predicted octanol–water partition coefficient (Wildman–Crippen LogP) is -1.33. The molecule has 0 radical (unpaired) electrons. The largest absolute Gasteiger partial charge is 0.322 e. The van der Waals surface area contributed by atoms with Gasteiger partial charge >= 0.3 is 0 Å². The summed E-state index contributed by atoms with van der Waals surface area (Å²) < 4.78 is 23.2. The molecule has 1 aromatic carbocycles. The molecule has 0 bridgehead atoms. The van der Waals surface area contributed by atoms with Crippen LogP contribution in [0.25, 0.3) is 6.08 Å². The second-order valence-corrected chi connectivity index (χ2v) is 8.75. The van der Waals surface area contributed by atoms with Crippen molar-refractivity contribution in [2.45, 2.75) is 12.5 Å². The first kappa shape index (κ1) is 15.7. The highest BCUT2D eigenvalue weighted by molar-refractivity contribution is 7.91. The van der Waals surface area contributed by atoms with Crippen molar-refractivity contribution in [2.24, 2.45) is 0 Å². The number of hydrogen-bond donors (Lipinski definition) is 2.